The number of hydrogen-bond acceptors (Lipinski definition) is 8. The van der Waals surface area contributed by atoms with E-state index in [4.69, 9.17) is 15.9 Å². The molecule has 29 heavy (non-hydrogen) atoms. The quantitative estimate of drug-likeness (QED) is 0.154. The molecule has 0 rings (SSSR count). The van der Waals surface area contributed by atoms with E-state index in [0.717, 1.165) is 6.92 Å². The van der Waals surface area contributed by atoms with Crippen molar-refractivity contribution in [3.8, 4) is 0 Å². The molecule has 0 saturated heterocycles. The van der Waals surface area contributed by atoms with Gasteiger partial charge in [0.25, 0.3) is 0 Å². The number of nitrogens with two attached hydrogens (primary N) is 1. The van der Waals surface area contributed by atoms with Crippen LogP contribution < -0.4 is 21.7 Å². The van der Waals surface area contributed by atoms with Gasteiger partial charge < -0.3 is 42.1 Å². The molecule has 0 aliphatic carbocycles. The molecule has 0 saturated carbocycles. The van der Waals surface area contributed by atoms with Crippen molar-refractivity contribution in [1.29, 1.82) is 0 Å². The molecule has 0 aliphatic rings. The van der Waals surface area contributed by atoms with Gasteiger partial charge in [-0.05, 0) is 12.8 Å². The fourth-order valence-electron chi connectivity index (χ4n) is 2.17. The van der Waals surface area contributed by atoms with Gasteiger partial charge in [0.1, 0.15) is 18.1 Å². The Morgan fingerprint density at radius 2 is 1.38 bits per heavy atom. The topological polar surface area (TPSA) is 228 Å². The van der Waals surface area contributed by atoms with E-state index in [1.165, 1.54) is 0 Å². The second-order valence-electron chi connectivity index (χ2n) is 6.74. The van der Waals surface area contributed by atoms with Crippen molar-refractivity contribution in [3.05, 3.63) is 0 Å². The van der Waals surface area contributed by atoms with Gasteiger partial charge in [-0.15, -0.1) is 0 Å². The van der Waals surface area contributed by atoms with E-state index in [1.54, 1.807) is 13.8 Å². The standard InChI is InChI=1S/C16H28N4O9/c1-6(2)11(16(28)29)19-14(26)9(5-21)18-15(27)12(7(3)22)20-13(25)8(17)4-10(23)24/h6-9,11-12,21-22H,4-5,17H2,1-3H3,(H,18,27)(H,19,26)(H,20,25)(H,23,24)(H,28,29). The number of rotatable bonds is 12. The van der Waals surface area contributed by atoms with E-state index < -0.39 is 78.9 Å². The van der Waals surface area contributed by atoms with Crippen LogP contribution in [0.15, 0.2) is 0 Å². The summed E-state index contributed by atoms with van der Waals surface area (Å²) in [5, 5.41) is 43.2. The third-order valence-corrected chi connectivity index (χ3v) is 3.84. The second kappa shape index (κ2) is 11.9. The van der Waals surface area contributed by atoms with Crippen molar-refractivity contribution in [1.82, 2.24) is 16.0 Å². The minimum atomic E-state index is -1.61. The van der Waals surface area contributed by atoms with Gasteiger partial charge in [0.2, 0.25) is 17.7 Å². The molecule has 13 nitrogen and oxygen atoms in total. The molecule has 0 aliphatic heterocycles. The molecular weight excluding hydrogens is 392 g/mol. The summed E-state index contributed by atoms with van der Waals surface area (Å²) in [4.78, 5) is 58.2. The highest BCUT2D eigenvalue weighted by atomic mass is 16.4. The normalized spacial score (nSPS) is 16.1. The zero-order valence-corrected chi connectivity index (χ0v) is 16.3. The molecule has 0 heterocycles. The monoisotopic (exact) mass is 420 g/mol. The number of aliphatic carboxylic acids is 2. The van der Waals surface area contributed by atoms with Crippen molar-refractivity contribution in [3.63, 3.8) is 0 Å². The average molecular weight is 420 g/mol. The number of aliphatic hydroxyl groups is 2. The summed E-state index contributed by atoms with van der Waals surface area (Å²) in [6.07, 6.45) is -2.17. The Labute approximate surface area is 166 Å². The molecule has 166 valence electrons. The molecule has 0 fully saturated rings. The number of nitrogens with one attached hydrogen (secondary N) is 3. The summed E-state index contributed by atoms with van der Waals surface area (Å²) in [5.74, 6) is -6.21. The van der Waals surface area contributed by atoms with E-state index in [1.807, 2.05) is 0 Å². The van der Waals surface area contributed by atoms with Crippen molar-refractivity contribution in [2.45, 2.75) is 57.5 Å². The molecule has 5 unspecified atom stereocenters. The Hall–Kier alpha value is -2.77. The zero-order valence-electron chi connectivity index (χ0n) is 16.3. The summed E-state index contributed by atoms with van der Waals surface area (Å²) in [6, 6.07) is -5.92. The van der Waals surface area contributed by atoms with Crippen LogP contribution in [0.4, 0.5) is 0 Å². The first-order chi connectivity index (χ1) is 13.3. The minimum Gasteiger partial charge on any atom is -0.481 e. The lowest BCUT2D eigenvalue weighted by molar-refractivity contribution is -0.144. The van der Waals surface area contributed by atoms with Crippen molar-refractivity contribution < 1.29 is 44.4 Å². The van der Waals surface area contributed by atoms with Gasteiger partial charge in [-0.1, -0.05) is 13.8 Å². The Morgan fingerprint density at radius 3 is 1.76 bits per heavy atom. The Bertz CT molecular complexity index is 624. The summed E-state index contributed by atoms with van der Waals surface area (Å²) in [7, 11) is 0. The molecular formula is C16H28N4O9. The van der Waals surface area contributed by atoms with Crippen molar-refractivity contribution in [2.24, 2.45) is 11.7 Å². The van der Waals surface area contributed by atoms with Crippen LogP contribution in [0, 0.1) is 5.92 Å². The van der Waals surface area contributed by atoms with Crippen molar-refractivity contribution >= 4 is 29.7 Å². The van der Waals surface area contributed by atoms with E-state index >= 15 is 0 Å². The maximum atomic E-state index is 12.3. The predicted molar refractivity (Wildman–Crippen MR) is 97.3 cm³/mol. The maximum absolute atomic E-state index is 12.3. The lowest BCUT2D eigenvalue weighted by Crippen LogP contribution is -2.60. The van der Waals surface area contributed by atoms with E-state index in [-0.39, 0.29) is 0 Å². The van der Waals surface area contributed by atoms with Crippen LogP contribution in [0.2, 0.25) is 0 Å². The summed E-state index contributed by atoms with van der Waals surface area (Å²) in [6.45, 7) is 3.36. The van der Waals surface area contributed by atoms with E-state index in [9.17, 15) is 34.2 Å². The highest BCUT2D eigenvalue weighted by Crippen LogP contribution is 2.03. The molecule has 3 amide bonds. The molecule has 0 spiro atoms. The predicted octanol–water partition coefficient (Wildman–Crippen LogP) is -3.64. The van der Waals surface area contributed by atoms with Gasteiger partial charge in [-0.25, -0.2) is 4.79 Å². The largest absolute Gasteiger partial charge is 0.481 e. The van der Waals surface area contributed by atoms with Gasteiger partial charge in [0.15, 0.2) is 0 Å². The molecule has 0 bridgehead atoms. The third kappa shape index (κ3) is 8.85. The van der Waals surface area contributed by atoms with Crippen LogP contribution in [0.25, 0.3) is 0 Å². The summed E-state index contributed by atoms with van der Waals surface area (Å²) in [5.41, 5.74) is 5.39. The molecule has 0 aromatic rings. The average Bonchev–Trinajstić information content (AvgIpc) is 2.59. The molecule has 0 aromatic carbocycles. The lowest BCUT2D eigenvalue weighted by Gasteiger charge is -2.26. The van der Waals surface area contributed by atoms with Crippen LogP contribution in [0.3, 0.4) is 0 Å². The third-order valence-electron chi connectivity index (χ3n) is 3.84. The van der Waals surface area contributed by atoms with Gasteiger partial charge in [0.05, 0.1) is 25.2 Å². The number of carbonyl (C=O) groups is 5. The highest BCUT2D eigenvalue weighted by molar-refractivity contribution is 5.95. The fraction of sp³-hybridized carbons (Fsp3) is 0.688. The Kier molecular flexibility index (Phi) is 10.8. The summed E-state index contributed by atoms with van der Waals surface area (Å²) < 4.78 is 0. The SMILES string of the molecule is CC(C)C(NC(=O)C(CO)NC(=O)C(NC(=O)C(N)CC(=O)O)C(C)O)C(=O)O. The molecule has 0 radical (unpaired) electrons. The minimum absolute atomic E-state index is 0.480. The number of carboxylic acid groups (broad SMARTS) is 2. The van der Waals surface area contributed by atoms with Gasteiger partial charge >= 0.3 is 11.9 Å². The van der Waals surface area contributed by atoms with Gasteiger partial charge in [0, 0.05) is 0 Å². The van der Waals surface area contributed by atoms with E-state index in [0.29, 0.717) is 0 Å². The van der Waals surface area contributed by atoms with Crippen molar-refractivity contribution in [2.75, 3.05) is 6.61 Å². The number of carbonyl (C=O) groups excluding carboxylic acids is 3. The fourth-order valence-corrected chi connectivity index (χ4v) is 2.17. The zero-order chi connectivity index (χ0) is 22.9. The first-order valence-corrected chi connectivity index (χ1v) is 8.72. The van der Waals surface area contributed by atoms with E-state index in [2.05, 4.69) is 16.0 Å². The molecule has 0 aromatic heterocycles. The van der Waals surface area contributed by atoms with Crippen LogP contribution in [0.5, 0.6) is 0 Å². The van der Waals surface area contributed by atoms with Crippen LogP contribution in [0.1, 0.15) is 27.2 Å². The first kappa shape index (κ1) is 26.2. The summed E-state index contributed by atoms with van der Waals surface area (Å²) >= 11 is 0. The Balaban J connectivity index is 5.17. The molecule has 5 atom stereocenters. The lowest BCUT2D eigenvalue weighted by atomic mass is 10.0. The number of amides is 3. The first-order valence-electron chi connectivity index (χ1n) is 8.72. The number of hydrogen-bond donors (Lipinski definition) is 8. The van der Waals surface area contributed by atoms with Crippen LogP contribution >= 0.6 is 0 Å². The molecule has 9 N–H and O–H groups in total. The number of aliphatic hydroxyl groups excluding tert-OH is 2. The second-order valence-corrected chi connectivity index (χ2v) is 6.74. The maximum Gasteiger partial charge on any atom is 0.326 e. The van der Waals surface area contributed by atoms with Gasteiger partial charge in [-0.3, -0.25) is 19.2 Å². The van der Waals surface area contributed by atoms with Crippen LogP contribution in [-0.4, -0.2) is 87.0 Å². The number of carboxylic acids is 2. The van der Waals surface area contributed by atoms with Crippen LogP contribution in [-0.2, 0) is 24.0 Å². The Morgan fingerprint density at radius 1 is 0.862 bits per heavy atom. The highest BCUT2D eigenvalue weighted by Gasteiger charge is 2.33. The molecule has 13 heteroatoms. The van der Waals surface area contributed by atoms with Gasteiger partial charge in [-0.2, -0.15) is 0 Å². The smallest absolute Gasteiger partial charge is 0.326 e.